The quantitative estimate of drug-likeness (QED) is 0.644. The molecule has 0 radical (unpaired) electrons. The van der Waals surface area contributed by atoms with Crippen LogP contribution >= 0.6 is 0 Å². The maximum Gasteiger partial charge on any atom is 0.0599 e. The van der Waals surface area contributed by atoms with Crippen LogP contribution in [0.2, 0.25) is 0 Å². The van der Waals surface area contributed by atoms with Crippen molar-refractivity contribution in [1.29, 1.82) is 0 Å². The molecule has 0 spiro atoms. The molecule has 0 aliphatic carbocycles. The molecule has 11 heavy (non-hydrogen) atoms. The van der Waals surface area contributed by atoms with Gasteiger partial charge in [-0.1, -0.05) is 39.3 Å². The molecule has 0 unspecified atom stereocenters. The predicted octanol–water partition coefficient (Wildman–Crippen LogP) is 2.14. The van der Waals surface area contributed by atoms with Gasteiger partial charge in [-0.2, -0.15) is 0 Å². The maximum atomic E-state index is 4.22. The Labute approximate surface area is 70.0 Å². The van der Waals surface area contributed by atoms with Crippen molar-refractivity contribution in [3.63, 3.8) is 0 Å². The summed E-state index contributed by atoms with van der Waals surface area (Å²) in [7, 11) is 2.95. The van der Waals surface area contributed by atoms with Gasteiger partial charge in [-0.15, -0.1) is 0 Å². The number of hydrogen-bond acceptors (Lipinski definition) is 3. The summed E-state index contributed by atoms with van der Waals surface area (Å²) in [5, 5.41) is 0. The molecule has 3 nitrogen and oxygen atoms in total. The molecule has 0 amide bonds. The molecule has 0 fully saturated rings. The first-order valence-electron chi connectivity index (χ1n) is 4.03. The number of rotatable bonds is 4. The van der Waals surface area contributed by atoms with Crippen LogP contribution in [0, 0.1) is 5.92 Å². The van der Waals surface area contributed by atoms with Gasteiger partial charge in [0, 0.05) is 0 Å². The molecule has 0 rings (SSSR count). The molecule has 0 saturated heterocycles. The first kappa shape index (κ1) is 13.5. The van der Waals surface area contributed by atoms with Crippen LogP contribution in [-0.4, -0.2) is 14.2 Å². The van der Waals surface area contributed by atoms with E-state index in [2.05, 4.69) is 36.1 Å². The van der Waals surface area contributed by atoms with Crippen LogP contribution in [0.5, 0.6) is 0 Å². The topological polar surface area (TPSA) is 30.5 Å². The zero-order chi connectivity index (χ0) is 9.11. The van der Waals surface area contributed by atoms with Crippen molar-refractivity contribution in [3.05, 3.63) is 0 Å². The average Bonchev–Trinajstić information content (AvgIpc) is 2.06. The van der Waals surface area contributed by atoms with E-state index in [1.54, 1.807) is 0 Å². The van der Waals surface area contributed by atoms with Gasteiger partial charge < -0.3 is 0 Å². The maximum absolute atomic E-state index is 4.22. The van der Waals surface area contributed by atoms with Crippen molar-refractivity contribution in [1.82, 2.24) is 5.64 Å². The largest absolute Gasteiger partial charge is 0.280 e. The summed E-state index contributed by atoms with van der Waals surface area (Å²) in [6, 6.07) is 0. The van der Waals surface area contributed by atoms with Crippen molar-refractivity contribution in [2.75, 3.05) is 14.2 Å². The number of nitrogens with one attached hydrogen (secondary N) is 1. The molecule has 0 bridgehead atoms. The molecule has 0 heterocycles. The van der Waals surface area contributed by atoms with E-state index in [0.29, 0.717) is 0 Å². The van der Waals surface area contributed by atoms with E-state index in [9.17, 15) is 0 Å². The number of hydrogen-bond donors (Lipinski definition) is 1. The minimum Gasteiger partial charge on any atom is -0.280 e. The Balaban J connectivity index is 0. The molecule has 0 saturated carbocycles. The lowest BCUT2D eigenvalue weighted by molar-refractivity contribution is -0.130. The Morgan fingerprint density at radius 2 is 1.45 bits per heavy atom. The van der Waals surface area contributed by atoms with Crippen molar-refractivity contribution >= 4 is 0 Å². The third-order valence-electron chi connectivity index (χ3n) is 1.56. The van der Waals surface area contributed by atoms with Crippen LogP contribution in [0.3, 0.4) is 0 Å². The van der Waals surface area contributed by atoms with E-state index >= 15 is 0 Å². The first-order valence-corrected chi connectivity index (χ1v) is 4.03. The SMILES string of the molecule is CCC(C)CC.CONOC. The van der Waals surface area contributed by atoms with E-state index < -0.39 is 0 Å². The summed E-state index contributed by atoms with van der Waals surface area (Å²) < 4.78 is 0. The highest BCUT2D eigenvalue weighted by Gasteiger charge is 1.88. The summed E-state index contributed by atoms with van der Waals surface area (Å²) in [5.41, 5.74) is 2.11. The summed E-state index contributed by atoms with van der Waals surface area (Å²) in [6.45, 7) is 6.74. The lowest BCUT2D eigenvalue weighted by atomic mass is 10.1. The normalized spacial score (nSPS) is 9.27. The fraction of sp³-hybridized carbons (Fsp3) is 1.00. The molecule has 1 N–H and O–H groups in total. The van der Waals surface area contributed by atoms with Crippen molar-refractivity contribution in [2.24, 2.45) is 5.92 Å². The molecule has 3 heteroatoms. The Kier molecular flexibility index (Phi) is 15.4. The van der Waals surface area contributed by atoms with Gasteiger partial charge in [-0.25, -0.2) is 0 Å². The van der Waals surface area contributed by atoms with Gasteiger partial charge in [0.15, 0.2) is 0 Å². The van der Waals surface area contributed by atoms with Crippen molar-refractivity contribution < 1.29 is 9.68 Å². The highest BCUT2D eigenvalue weighted by molar-refractivity contribution is 4.41. The zero-order valence-corrected chi connectivity index (χ0v) is 8.31. The van der Waals surface area contributed by atoms with Crippen LogP contribution in [0.15, 0.2) is 0 Å². The highest BCUT2D eigenvalue weighted by Crippen LogP contribution is 2.02. The lowest BCUT2D eigenvalue weighted by Gasteiger charge is -1.98. The Morgan fingerprint density at radius 1 is 1.09 bits per heavy atom. The van der Waals surface area contributed by atoms with Gasteiger partial charge in [0.05, 0.1) is 14.2 Å². The Morgan fingerprint density at radius 3 is 1.45 bits per heavy atom. The van der Waals surface area contributed by atoms with Crippen LogP contribution in [-0.2, 0) is 9.68 Å². The molecule has 0 aromatic rings. The Hall–Kier alpha value is -0.120. The average molecular weight is 163 g/mol. The van der Waals surface area contributed by atoms with Gasteiger partial charge >= 0.3 is 0 Å². The standard InChI is InChI=1S/C6H14.C2H7NO2/c1-4-6(3)5-2;1-4-3-5-2/h6H,4-5H2,1-3H3;3H,1-2H3. The second kappa shape index (κ2) is 12.5. The summed E-state index contributed by atoms with van der Waals surface area (Å²) in [6.07, 6.45) is 2.66. The van der Waals surface area contributed by atoms with Crippen LogP contribution in [0.4, 0.5) is 0 Å². The summed E-state index contributed by atoms with van der Waals surface area (Å²) >= 11 is 0. The van der Waals surface area contributed by atoms with Gasteiger partial charge in [0.1, 0.15) is 0 Å². The van der Waals surface area contributed by atoms with Gasteiger partial charge in [0.25, 0.3) is 0 Å². The smallest absolute Gasteiger partial charge is 0.0599 e. The third-order valence-corrected chi connectivity index (χ3v) is 1.56. The van der Waals surface area contributed by atoms with E-state index in [4.69, 9.17) is 0 Å². The van der Waals surface area contributed by atoms with Gasteiger partial charge in [0.2, 0.25) is 0 Å². The molecule has 0 atom stereocenters. The zero-order valence-electron chi connectivity index (χ0n) is 8.31. The fourth-order valence-corrected chi connectivity index (χ4v) is 0.372. The van der Waals surface area contributed by atoms with E-state index in [-0.39, 0.29) is 0 Å². The van der Waals surface area contributed by atoms with E-state index in [1.807, 2.05) is 0 Å². The predicted molar refractivity (Wildman–Crippen MR) is 46.9 cm³/mol. The second-order valence-electron chi connectivity index (χ2n) is 2.41. The minimum absolute atomic E-state index is 0.935. The van der Waals surface area contributed by atoms with E-state index in [0.717, 1.165) is 5.92 Å². The highest BCUT2D eigenvalue weighted by atomic mass is 16.9. The lowest BCUT2D eigenvalue weighted by Crippen LogP contribution is -2.07. The second-order valence-corrected chi connectivity index (χ2v) is 2.41. The van der Waals surface area contributed by atoms with Crippen LogP contribution in [0.1, 0.15) is 33.6 Å². The molecular weight excluding hydrogens is 142 g/mol. The van der Waals surface area contributed by atoms with Crippen LogP contribution in [0.25, 0.3) is 0 Å². The monoisotopic (exact) mass is 163 g/mol. The molecule has 0 aliphatic rings. The molecule has 0 aliphatic heterocycles. The summed E-state index contributed by atoms with van der Waals surface area (Å²) in [4.78, 5) is 8.44. The third kappa shape index (κ3) is 17.7. The van der Waals surface area contributed by atoms with Crippen molar-refractivity contribution in [2.45, 2.75) is 33.6 Å². The molecular formula is C8H21NO2. The van der Waals surface area contributed by atoms with Crippen LogP contribution < -0.4 is 5.64 Å². The minimum atomic E-state index is 0.935. The fourth-order valence-electron chi connectivity index (χ4n) is 0.372. The van der Waals surface area contributed by atoms with E-state index in [1.165, 1.54) is 27.1 Å². The molecule has 0 aromatic carbocycles. The molecule has 70 valence electrons. The van der Waals surface area contributed by atoms with Crippen molar-refractivity contribution in [3.8, 4) is 0 Å². The van der Waals surface area contributed by atoms with Gasteiger partial charge in [-0.05, 0) is 5.92 Å². The summed E-state index contributed by atoms with van der Waals surface area (Å²) in [5.74, 6) is 0.935. The molecule has 0 aromatic heterocycles. The first-order chi connectivity index (χ1) is 5.22. The Bertz CT molecular complexity index is 54.1. The van der Waals surface area contributed by atoms with Gasteiger partial charge in [-0.3, -0.25) is 9.68 Å².